The number of hydrogen-bond acceptors (Lipinski definition) is 1. The van der Waals surface area contributed by atoms with Crippen LogP contribution < -0.4 is 51.4 Å². The van der Waals surface area contributed by atoms with Gasteiger partial charge in [0.15, 0.2) is 0 Å². The van der Waals surface area contributed by atoms with Gasteiger partial charge in [-0.25, -0.2) is 4.79 Å². The summed E-state index contributed by atoms with van der Waals surface area (Å²) in [6.45, 7) is 5.72. The van der Waals surface area contributed by atoms with Gasteiger partial charge in [0.2, 0.25) is 0 Å². The summed E-state index contributed by atoms with van der Waals surface area (Å²) in [5.74, 6) is 0. The molecule has 0 rings (SSSR count). The van der Waals surface area contributed by atoms with E-state index in [1.165, 1.54) is 6.42 Å². The molecule has 50 valence electrons. The van der Waals surface area contributed by atoms with Crippen molar-refractivity contribution in [1.29, 1.82) is 0 Å². The third-order valence-electron chi connectivity index (χ3n) is 0.354. The molecule has 0 unspecified atom stereocenters. The van der Waals surface area contributed by atoms with E-state index >= 15 is 0 Å². The van der Waals surface area contributed by atoms with Crippen molar-refractivity contribution in [2.75, 3.05) is 0 Å². The molecule has 0 bridgehead atoms. The van der Waals surface area contributed by atoms with Gasteiger partial charge in [0.25, 0.3) is 0 Å². The number of unbranched alkanes of at least 4 members (excludes halogenated alkanes) is 1. The zero-order valence-corrected chi connectivity index (χ0v) is 9.05. The summed E-state index contributed by atoms with van der Waals surface area (Å²) < 4.78 is 0. The van der Waals surface area contributed by atoms with Crippen molar-refractivity contribution in [3.8, 4) is 0 Å². The van der Waals surface area contributed by atoms with Crippen LogP contribution in [-0.2, 0) is 0 Å². The maximum absolute atomic E-state index is 8.56. The fourth-order valence-electron chi connectivity index (χ4n) is 0. The molecule has 0 saturated heterocycles. The summed E-state index contributed by atoms with van der Waals surface area (Å²) in [4.78, 5) is 8.56. The second kappa shape index (κ2) is 16.0. The fraction of sp³-hybridized carbons (Fsp3) is 0.600. The molecule has 2 N–H and O–H groups in total. The topological polar surface area (TPSA) is 57.5 Å². The third-order valence-corrected chi connectivity index (χ3v) is 0.354. The first-order chi connectivity index (χ1) is 3.65. The number of carboxylic acid groups (broad SMARTS) is 2. The Balaban J connectivity index is -0.0000000720. The second-order valence-electron chi connectivity index (χ2n) is 1.14. The second-order valence-corrected chi connectivity index (χ2v) is 1.14. The molecule has 0 spiro atoms. The molecular formula is C5H11KO3. The smallest absolute Gasteiger partial charge is 0.450 e. The van der Waals surface area contributed by atoms with Crippen molar-refractivity contribution < 1.29 is 66.4 Å². The maximum atomic E-state index is 8.56. The van der Waals surface area contributed by atoms with Crippen molar-refractivity contribution in [2.45, 2.75) is 19.8 Å². The van der Waals surface area contributed by atoms with Crippen molar-refractivity contribution in [3.63, 3.8) is 0 Å². The quantitative estimate of drug-likeness (QED) is 0.374. The van der Waals surface area contributed by atoms with E-state index in [0.717, 1.165) is 6.42 Å². The van der Waals surface area contributed by atoms with Crippen LogP contribution in [0, 0.1) is 6.92 Å². The minimum absolute atomic E-state index is 0. The van der Waals surface area contributed by atoms with Gasteiger partial charge in [0.05, 0.1) is 0 Å². The molecule has 0 amide bonds. The summed E-state index contributed by atoms with van der Waals surface area (Å²) in [7, 11) is 0. The molecule has 9 heavy (non-hydrogen) atoms. The largest absolute Gasteiger partial charge is 1.00 e. The minimum Gasteiger partial charge on any atom is -0.450 e. The minimum atomic E-state index is -1.83. The molecule has 0 aromatic rings. The summed E-state index contributed by atoms with van der Waals surface area (Å²) in [5.41, 5.74) is 0. The monoisotopic (exact) mass is 158 g/mol. The van der Waals surface area contributed by atoms with E-state index in [-0.39, 0.29) is 51.4 Å². The van der Waals surface area contributed by atoms with Crippen molar-refractivity contribution in [3.05, 3.63) is 6.92 Å². The summed E-state index contributed by atoms with van der Waals surface area (Å²) in [6, 6.07) is 0. The van der Waals surface area contributed by atoms with E-state index < -0.39 is 6.16 Å². The molecule has 0 saturated carbocycles. The van der Waals surface area contributed by atoms with Crippen LogP contribution in [0.25, 0.3) is 0 Å². The van der Waals surface area contributed by atoms with Gasteiger partial charge >= 0.3 is 57.5 Å². The number of carbonyl (C=O) groups is 1. The van der Waals surface area contributed by atoms with Gasteiger partial charge in [-0.1, -0.05) is 13.3 Å². The van der Waals surface area contributed by atoms with Gasteiger partial charge < -0.3 is 17.1 Å². The van der Waals surface area contributed by atoms with Crippen LogP contribution in [0.15, 0.2) is 0 Å². The Labute approximate surface area is 97.9 Å². The average molecular weight is 158 g/mol. The summed E-state index contributed by atoms with van der Waals surface area (Å²) in [6.07, 6.45) is 0.444. The molecular weight excluding hydrogens is 147 g/mol. The molecule has 0 aromatic carbocycles. The van der Waals surface area contributed by atoms with E-state index in [1.807, 2.05) is 0 Å². The zero-order chi connectivity index (χ0) is 6.99. The maximum Gasteiger partial charge on any atom is 1.00 e. The van der Waals surface area contributed by atoms with Crippen LogP contribution in [0.2, 0.25) is 0 Å². The van der Waals surface area contributed by atoms with Crippen molar-refractivity contribution >= 4 is 6.16 Å². The van der Waals surface area contributed by atoms with Gasteiger partial charge in [-0.3, -0.25) is 0 Å². The molecule has 4 heteroatoms. The Morgan fingerprint density at radius 1 is 1.56 bits per heavy atom. The predicted molar refractivity (Wildman–Crippen MR) is 30.9 cm³/mol. The van der Waals surface area contributed by atoms with Crippen molar-refractivity contribution in [2.24, 2.45) is 0 Å². The fourth-order valence-corrected chi connectivity index (χ4v) is 0. The molecule has 0 radical (unpaired) electrons. The summed E-state index contributed by atoms with van der Waals surface area (Å²) >= 11 is 0. The number of hydrogen-bond donors (Lipinski definition) is 2. The first-order valence-corrected chi connectivity index (χ1v) is 2.36. The molecule has 0 atom stereocenters. The van der Waals surface area contributed by atoms with Gasteiger partial charge in [-0.15, -0.1) is 0 Å². The van der Waals surface area contributed by atoms with Crippen molar-refractivity contribution in [1.82, 2.24) is 0 Å². The van der Waals surface area contributed by atoms with Gasteiger partial charge in [0.1, 0.15) is 0 Å². The molecule has 0 heterocycles. The Morgan fingerprint density at radius 2 is 1.67 bits per heavy atom. The Hall–Kier alpha value is 0.906. The zero-order valence-electron chi connectivity index (χ0n) is 5.92. The first kappa shape index (κ1) is 16.5. The van der Waals surface area contributed by atoms with Crippen LogP contribution in [0.4, 0.5) is 4.79 Å². The van der Waals surface area contributed by atoms with Gasteiger partial charge in [-0.2, -0.15) is 6.42 Å². The van der Waals surface area contributed by atoms with Gasteiger partial charge in [-0.05, 0) is 0 Å². The third kappa shape index (κ3) is 117. The molecule has 3 nitrogen and oxygen atoms in total. The van der Waals surface area contributed by atoms with E-state index in [4.69, 9.17) is 15.0 Å². The standard InChI is InChI=1S/C4H9.CH2O3.K/c1-3-4-2;2-1(3)4;/h1,3-4H2,2H3;(H2,2,3,4);/q-1;;+1. The normalized spacial score (nSPS) is 6.00. The Kier molecular flexibility index (Phi) is 29.2. The molecule has 0 aliphatic rings. The van der Waals surface area contributed by atoms with E-state index in [9.17, 15) is 0 Å². The predicted octanol–water partition coefficient (Wildman–Crippen LogP) is -1.15. The van der Waals surface area contributed by atoms with E-state index in [0.29, 0.717) is 0 Å². The van der Waals surface area contributed by atoms with Crippen LogP contribution >= 0.6 is 0 Å². The molecule has 0 aliphatic carbocycles. The van der Waals surface area contributed by atoms with E-state index in [2.05, 4.69) is 13.8 Å². The average Bonchev–Trinajstić information content (AvgIpc) is 1.65. The van der Waals surface area contributed by atoms with Crippen LogP contribution in [0.3, 0.4) is 0 Å². The molecule has 0 aliphatic heterocycles. The van der Waals surface area contributed by atoms with E-state index in [1.54, 1.807) is 0 Å². The number of rotatable bonds is 1. The Bertz CT molecular complexity index is 50.2. The summed E-state index contributed by atoms with van der Waals surface area (Å²) in [5, 5.41) is 13.9. The molecule has 0 fully saturated rings. The Morgan fingerprint density at radius 3 is 1.67 bits per heavy atom. The van der Waals surface area contributed by atoms with Gasteiger partial charge in [0, 0.05) is 0 Å². The first-order valence-electron chi connectivity index (χ1n) is 2.36. The SMILES string of the molecule is O=C(O)O.[CH2-]CCC.[K+]. The van der Waals surface area contributed by atoms with Crippen LogP contribution in [0.5, 0.6) is 0 Å². The van der Waals surface area contributed by atoms with Crippen LogP contribution in [0.1, 0.15) is 19.8 Å². The van der Waals surface area contributed by atoms with Crippen LogP contribution in [-0.4, -0.2) is 16.4 Å². The molecule has 0 aromatic heterocycles.